The molecule has 0 atom stereocenters. The Balaban J connectivity index is 1.73. The van der Waals surface area contributed by atoms with Gasteiger partial charge < -0.3 is 14.9 Å². The molecule has 0 aliphatic heterocycles. The molecule has 0 fully saturated rings. The lowest BCUT2D eigenvalue weighted by atomic mass is 10.1. The third kappa shape index (κ3) is 4.06. The molecule has 2 N–H and O–H groups in total. The standard InChI is InChI=1S/C22H14O5S2/c23-15-4-7-17-18(11-15)29-22(20(26)14-9-10-28-12-14)21(17)27-16-5-1-13(2-6-16)3-8-19(24)25/h1-12,23H,(H,24,25)/b8-3+. The van der Waals surface area contributed by atoms with E-state index in [-0.39, 0.29) is 11.5 Å². The van der Waals surface area contributed by atoms with Crippen molar-refractivity contribution in [2.24, 2.45) is 0 Å². The Morgan fingerprint density at radius 3 is 2.52 bits per heavy atom. The van der Waals surface area contributed by atoms with Crippen LogP contribution in [-0.4, -0.2) is 22.0 Å². The Bertz CT molecular complexity index is 1220. The Morgan fingerprint density at radius 2 is 1.83 bits per heavy atom. The molecule has 29 heavy (non-hydrogen) atoms. The minimum absolute atomic E-state index is 0.120. The summed E-state index contributed by atoms with van der Waals surface area (Å²) in [6, 6.07) is 13.5. The van der Waals surface area contributed by atoms with Crippen molar-refractivity contribution in [3.8, 4) is 17.2 Å². The summed E-state index contributed by atoms with van der Waals surface area (Å²) in [6.45, 7) is 0. The summed E-state index contributed by atoms with van der Waals surface area (Å²) < 4.78 is 6.82. The predicted molar refractivity (Wildman–Crippen MR) is 114 cm³/mol. The fourth-order valence-corrected chi connectivity index (χ4v) is 4.53. The molecule has 2 aromatic heterocycles. The van der Waals surface area contributed by atoms with Gasteiger partial charge in [0.25, 0.3) is 0 Å². The highest BCUT2D eigenvalue weighted by atomic mass is 32.1. The molecule has 0 aliphatic carbocycles. The number of aliphatic carboxylic acids is 1. The molecule has 0 aliphatic rings. The Hall–Kier alpha value is -3.42. The highest BCUT2D eigenvalue weighted by molar-refractivity contribution is 7.21. The lowest BCUT2D eigenvalue weighted by Gasteiger charge is -2.08. The Kier molecular flexibility index (Phi) is 5.16. The summed E-state index contributed by atoms with van der Waals surface area (Å²) in [7, 11) is 0. The van der Waals surface area contributed by atoms with E-state index in [9.17, 15) is 14.7 Å². The monoisotopic (exact) mass is 422 g/mol. The molecule has 0 saturated carbocycles. The van der Waals surface area contributed by atoms with Crippen LogP contribution in [0, 0.1) is 0 Å². The van der Waals surface area contributed by atoms with Crippen molar-refractivity contribution in [3.05, 3.63) is 81.4 Å². The molecule has 0 amide bonds. The van der Waals surface area contributed by atoms with Crippen LogP contribution in [0.3, 0.4) is 0 Å². The molecular weight excluding hydrogens is 408 g/mol. The second kappa shape index (κ2) is 7.90. The summed E-state index contributed by atoms with van der Waals surface area (Å²) in [5.41, 5.74) is 1.30. The van der Waals surface area contributed by atoms with Gasteiger partial charge in [-0.1, -0.05) is 12.1 Å². The van der Waals surface area contributed by atoms with E-state index >= 15 is 0 Å². The number of ether oxygens (including phenoxy) is 1. The predicted octanol–water partition coefficient (Wildman–Crippen LogP) is 5.79. The zero-order valence-corrected chi connectivity index (χ0v) is 16.5. The first kappa shape index (κ1) is 18.9. The summed E-state index contributed by atoms with van der Waals surface area (Å²) in [5.74, 6) is -0.0769. The molecule has 2 aromatic carbocycles. The molecule has 0 saturated heterocycles. The van der Waals surface area contributed by atoms with Crippen LogP contribution in [0.4, 0.5) is 0 Å². The molecule has 0 bridgehead atoms. The molecule has 4 rings (SSSR count). The summed E-state index contributed by atoms with van der Waals surface area (Å²) in [6.07, 6.45) is 2.55. The van der Waals surface area contributed by atoms with Crippen molar-refractivity contribution in [1.82, 2.24) is 0 Å². The molecule has 7 heteroatoms. The smallest absolute Gasteiger partial charge is 0.328 e. The van der Waals surface area contributed by atoms with Crippen LogP contribution >= 0.6 is 22.7 Å². The molecule has 0 radical (unpaired) electrons. The Morgan fingerprint density at radius 1 is 1.03 bits per heavy atom. The molecular formula is C22H14O5S2. The highest BCUT2D eigenvalue weighted by Gasteiger charge is 2.22. The summed E-state index contributed by atoms with van der Waals surface area (Å²) in [4.78, 5) is 24.1. The number of benzene rings is 2. The molecule has 0 spiro atoms. The van der Waals surface area contributed by atoms with Crippen molar-refractivity contribution in [1.29, 1.82) is 0 Å². The second-order valence-corrected chi connectivity index (χ2v) is 7.96. The third-order valence-corrected chi connectivity index (χ3v) is 5.95. The largest absolute Gasteiger partial charge is 0.508 e. The Labute approximate surface area is 173 Å². The van der Waals surface area contributed by atoms with Crippen LogP contribution in [0.2, 0.25) is 0 Å². The van der Waals surface area contributed by atoms with Gasteiger partial charge >= 0.3 is 5.97 Å². The number of ketones is 1. The van der Waals surface area contributed by atoms with Crippen molar-refractivity contribution < 1.29 is 24.5 Å². The molecule has 0 unspecified atom stereocenters. The van der Waals surface area contributed by atoms with Crippen molar-refractivity contribution in [2.75, 3.05) is 0 Å². The van der Waals surface area contributed by atoms with E-state index in [1.54, 1.807) is 53.9 Å². The highest BCUT2D eigenvalue weighted by Crippen LogP contribution is 2.42. The fraction of sp³-hybridized carbons (Fsp3) is 0. The number of hydrogen-bond donors (Lipinski definition) is 2. The van der Waals surface area contributed by atoms with Crippen molar-refractivity contribution in [2.45, 2.75) is 0 Å². The maximum Gasteiger partial charge on any atom is 0.328 e. The van der Waals surface area contributed by atoms with Gasteiger partial charge in [-0.25, -0.2) is 4.79 Å². The zero-order chi connectivity index (χ0) is 20.4. The fourth-order valence-electron chi connectivity index (χ4n) is 2.77. The molecule has 2 heterocycles. The number of fused-ring (bicyclic) bond motifs is 1. The van der Waals surface area contributed by atoms with Gasteiger partial charge in [0.1, 0.15) is 16.4 Å². The molecule has 144 valence electrons. The first-order valence-electron chi connectivity index (χ1n) is 8.52. The molecule has 4 aromatic rings. The van der Waals surface area contributed by atoms with Gasteiger partial charge in [0.05, 0.1) is 0 Å². The summed E-state index contributed by atoms with van der Waals surface area (Å²) in [5, 5.41) is 22.9. The van der Waals surface area contributed by atoms with Gasteiger partial charge in [-0.3, -0.25) is 4.79 Å². The second-order valence-electron chi connectivity index (χ2n) is 6.12. The lowest BCUT2D eigenvalue weighted by Crippen LogP contribution is -1.99. The molecule has 5 nitrogen and oxygen atoms in total. The minimum atomic E-state index is -1.02. The number of hydrogen-bond acceptors (Lipinski definition) is 6. The number of phenols is 1. The first-order valence-corrected chi connectivity index (χ1v) is 10.3. The van der Waals surface area contributed by atoms with Crippen LogP contribution in [-0.2, 0) is 4.79 Å². The number of rotatable bonds is 6. The quantitative estimate of drug-likeness (QED) is 0.303. The lowest BCUT2D eigenvalue weighted by molar-refractivity contribution is -0.131. The third-order valence-electron chi connectivity index (χ3n) is 4.14. The zero-order valence-electron chi connectivity index (χ0n) is 14.9. The van der Waals surface area contributed by atoms with Crippen molar-refractivity contribution >= 4 is 50.6 Å². The van der Waals surface area contributed by atoms with Gasteiger partial charge in [-0.05, 0) is 53.4 Å². The average Bonchev–Trinajstić information content (AvgIpc) is 3.35. The van der Waals surface area contributed by atoms with Gasteiger partial charge in [0.2, 0.25) is 5.78 Å². The SMILES string of the molecule is O=C(O)/C=C/c1ccc(Oc2c(C(=O)c3ccsc3)sc3cc(O)ccc23)cc1. The van der Waals surface area contributed by atoms with E-state index in [0.29, 0.717) is 21.9 Å². The van der Waals surface area contributed by atoms with Crippen LogP contribution in [0.5, 0.6) is 17.2 Å². The number of carbonyl (C=O) groups is 2. The minimum Gasteiger partial charge on any atom is -0.508 e. The number of carbonyl (C=O) groups excluding carboxylic acids is 1. The van der Waals surface area contributed by atoms with Crippen LogP contribution in [0.25, 0.3) is 16.2 Å². The van der Waals surface area contributed by atoms with E-state index in [4.69, 9.17) is 9.84 Å². The topological polar surface area (TPSA) is 83.8 Å². The van der Waals surface area contributed by atoms with E-state index in [0.717, 1.165) is 21.7 Å². The average molecular weight is 422 g/mol. The van der Waals surface area contributed by atoms with E-state index in [2.05, 4.69) is 0 Å². The van der Waals surface area contributed by atoms with E-state index < -0.39 is 5.97 Å². The number of thiophene rings is 2. The van der Waals surface area contributed by atoms with Gasteiger partial charge in [0.15, 0.2) is 5.75 Å². The first-order chi connectivity index (χ1) is 14.0. The van der Waals surface area contributed by atoms with Crippen LogP contribution in [0.1, 0.15) is 20.8 Å². The van der Waals surface area contributed by atoms with Crippen LogP contribution in [0.15, 0.2) is 65.4 Å². The number of carboxylic acids is 1. The number of aromatic hydroxyl groups is 1. The van der Waals surface area contributed by atoms with Gasteiger partial charge in [-0.15, -0.1) is 11.3 Å². The maximum atomic E-state index is 13.0. The van der Waals surface area contributed by atoms with Gasteiger partial charge in [-0.2, -0.15) is 11.3 Å². The summed E-state index contributed by atoms with van der Waals surface area (Å²) >= 11 is 2.72. The number of carboxylic acid groups (broad SMARTS) is 1. The maximum absolute atomic E-state index is 13.0. The van der Waals surface area contributed by atoms with Gasteiger partial charge in [0, 0.05) is 27.1 Å². The normalized spacial score (nSPS) is 11.2. The van der Waals surface area contributed by atoms with Crippen molar-refractivity contribution in [3.63, 3.8) is 0 Å². The van der Waals surface area contributed by atoms with E-state index in [1.165, 1.54) is 28.7 Å². The number of phenolic OH excluding ortho intramolecular Hbond substituents is 1. The van der Waals surface area contributed by atoms with E-state index in [1.807, 2.05) is 5.38 Å². The van der Waals surface area contributed by atoms with Crippen LogP contribution < -0.4 is 4.74 Å².